The van der Waals surface area contributed by atoms with Crippen LogP contribution in [-0.2, 0) is 25.7 Å². The number of rotatable bonds is 3. The Labute approximate surface area is 253 Å². The van der Waals surface area contributed by atoms with Crippen LogP contribution in [0.25, 0.3) is 0 Å². The van der Waals surface area contributed by atoms with Gasteiger partial charge in [0.1, 0.15) is 30.2 Å². The molecule has 4 heterocycles. The van der Waals surface area contributed by atoms with Gasteiger partial charge >= 0.3 is 0 Å². The fourth-order valence-electron chi connectivity index (χ4n) is 6.63. The zero-order valence-corrected chi connectivity index (χ0v) is 24.0. The van der Waals surface area contributed by atoms with Crippen molar-refractivity contribution in [3.63, 3.8) is 0 Å². The van der Waals surface area contributed by atoms with E-state index in [0.717, 1.165) is 5.56 Å². The molecule has 13 heteroatoms. The zero-order valence-electron chi connectivity index (χ0n) is 24.0. The Morgan fingerprint density at radius 2 is 1.66 bits per heavy atom. The zero-order chi connectivity index (χ0) is 31.0. The van der Waals surface area contributed by atoms with Crippen LogP contribution in [0.1, 0.15) is 28.8 Å². The molecule has 0 spiro atoms. The average molecular weight is 610 g/mol. The summed E-state index contributed by atoms with van der Waals surface area (Å²) in [4.78, 5) is 59.2. The molecule has 234 valence electrons. The number of amides is 4. The van der Waals surface area contributed by atoms with Gasteiger partial charge in [0.15, 0.2) is 0 Å². The molecule has 4 amide bonds. The Hall–Kier alpha value is -3.91. The molecule has 4 fully saturated rings. The molecular formula is C31H36FN5O7. The van der Waals surface area contributed by atoms with Gasteiger partial charge in [0.25, 0.3) is 5.91 Å². The van der Waals surface area contributed by atoms with Crippen molar-refractivity contribution >= 4 is 23.6 Å². The van der Waals surface area contributed by atoms with Crippen LogP contribution in [0.15, 0.2) is 54.6 Å². The van der Waals surface area contributed by atoms with Gasteiger partial charge in [-0.15, -0.1) is 0 Å². The molecule has 0 saturated carbocycles. The number of likely N-dealkylation sites (tertiary alicyclic amines) is 1. The lowest BCUT2D eigenvalue weighted by Gasteiger charge is -2.42. The highest BCUT2D eigenvalue weighted by molar-refractivity contribution is 5.98. The summed E-state index contributed by atoms with van der Waals surface area (Å²) in [6, 6.07) is 12.7. The van der Waals surface area contributed by atoms with E-state index in [4.69, 9.17) is 4.74 Å². The largest absolute Gasteiger partial charge is 0.388 e. The molecule has 12 nitrogen and oxygen atoms in total. The fraction of sp³-hybridized carbons (Fsp3) is 0.484. The molecule has 2 aromatic carbocycles. The third-order valence-corrected chi connectivity index (χ3v) is 8.95. The van der Waals surface area contributed by atoms with Crippen molar-refractivity contribution in [3.8, 4) is 0 Å². The second kappa shape index (κ2) is 12.6. The summed E-state index contributed by atoms with van der Waals surface area (Å²) in [6.45, 7) is 0.853. The van der Waals surface area contributed by atoms with Gasteiger partial charge in [0, 0.05) is 44.3 Å². The van der Waals surface area contributed by atoms with Gasteiger partial charge in [0.2, 0.25) is 17.7 Å². The standard InChI is InChI=1S/C31H36FN5O7/c32-20-8-6-19(7-9-20)30(42)37-11-10-35-17-23(37)29(41)33-14-25-28(40)27(39)24(44-25)13-26(38)34-21-12-22(31(35)43)36(16-21)15-18-4-2-1-3-5-18/h1-9,21-25,27-28,39-40H,10-17H2,(H,33,41)(H,34,38)/t21-,22-,23-,24-,25+,27-,28+/m0/s1. The summed E-state index contributed by atoms with van der Waals surface area (Å²) in [5.41, 5.74) is 1.20. The van der Waals surface area contributed by atoms with E-state index in [-0.39, 0.29) is 56.0 Å². The lowest BCUT2D eigenvalue weighted by Crippen LogP contribution is -2.63. The molecular weight excluding hydrogens is 573 g/mol. The van der Waals surface area contributed by atoms with Crippen LogP contribution >= 0.6 is 0 Å². The number of fused-ring (bicyclic) bond motifs is 6. The van der Waals surface area contributed by atoms with E-state index in [1.54, 1.807) is 4.90 Å². The molecule has 4 aliphatic heterocycles. The maximum Gasteiger partial charge on any atom is 0.254 e. The van der Waals surface area contributed by atoms with Crippen LogP contribution < -0.4 is 10.6 Å². The number of hydrogen-bond acceptors (Lipinski definition) is 8. The summed E-state index contributed by atoms with van der Waals surface area (Å²) in [5.74, 6) is -2.12. The van der Waals surface area contributed by atoms with E-state index in [0.29, 0.717) is 19.5 Å². The lowest BCUT2D eigenvalue weighted by molar-refractivity contribution is -0.141. The molecule has 44 heavy (non-hydrogen) atoms. The minimum Gasteiger partial charge on any atom is -0.388 e. The molecule has 6 bridgehead atoms. The van der Waals surface area contributed by atoms with E-state index in [2.05, 4.69) is 10.6 Å². The summed E-state index contributed by atoms with van der Waals surface area (Å²) >= 11 is 0. The first kappa shape index (κ1) is 30.1. The normalized spacial score (nSPS) is 31.5. The number of aliphatic hydroxyl groups is 2. The molecule has 4 aliphatic rings. The van der Waals surface area contributed by atoms with Gasteiger partial charge in [-0.3, -0.25) is 24.1 Å². The van der Waals surface area contributed by atoms with Gasteiger partial charge in [-0.25, -0.2) is 4.39 Å². The van der Waals surface area contributed by atoms with Crippen molar-refractivity contribution in [2.45, 2.75) is 61.9 Å². The van der Waals surface area contributed by atoms with Crippen LogP contribution in [0.4, 0.5) is 4.39 Å². The Morgan fingerprint density at radius 3 is 2.41 bits per heavy atom. The highest BCUT2D eigenvalue weighted by atomic mass is 19.1. The Balaban J connectivity index is 1.30. The van der Waals surface area contributed by atoms with Gasteiger partial charge in [-0.1, -0.05) is 30.3 Å². The number of nitrogens with one attached hydrogen (secondary N) is 2. The third-order valence-electron chi connectivity index (χ3n) is 8.95. The number of halogens is 1. The molecule has 0 aliphatic carbocycles. The second-order valence-corrected chi connectivity index (χ2v) is 11.9. The molecule has 0 unspecified atom stereocenters. The molecule has 0 aromatic heterocycles. The molecule has 4 saturated heterocycles. The molecule has 7 atom stereocenters. The minimum atomic E-state index is -1.35. The average Bonchev–Trinajstić information content (AvgIpc) is 3.54. The fourth-order valence-corrected chi connectivity index (χ4v) is 6.63. The number of piperazine rings is 1. The van der Waals surface area contributed by atoms with Gasteiger partial charge in [0.05, 0.1) is 25.1 Å². The number of hydrogen-bond donors (Lipinski definition) is 4. The first-order valence-corrected chi connectivity index (χ1v) is 14.9. The summed E-state index contributed by atoms with van der Waals surface area (Å²) in [7, 11) is 0. The number of carbonyl (C=O) groups excluding carboxylic acids is 4. The maximum absolute atomic E-state index is 14.1. The first-order valence-electron chi connectivity index (χ1n) is 14.9. The molecule has 2 aromatic rings. The van der Waals surface area contributed by atoms with Crippen molar-refractivity contribution < 1.29 is 38.5 Å². The van der Waals surface area contributed by atoms with Crippen molar-refractivity contribution in [1.29, 1.82) is 0 Å². The van der Waals surface area contributed by atoms with Crippen molar-refractivity contribution in [3.05, 3.63) is 71.5 Å². The highest BCUT2D eigenvalue weighted by Crippen LogP contribution is 2.27. The van der Waals surface area contributed by atoms with E-state index in [9.17, 15) is 33.8 Å². The van der Waals surface area contributed by atoms with Gasteiger partial charge in [-0.2, -0.15) is 0 Å². The predicted octanol–water partition coefficient (Wildman–Crippen LogP) is -0.753. The smallest absolute Gasteiger partial charge is 0.254 e. The molecule has 0 radical (unpaired) electrons. The van der Waals surface area contributed by atoms with Crippen molar-refractivity contribution in [1.82, 2.24) is 25.3 Å². The predicted molar refractivity (Wildman–Crippen MR) is 153 cm³/mol. The Bertz CT molecular complexity index is 1400. The quantitative estimate of drug-likeness (QED) is 0.355. The van der Waals surface area contributed by atoms with Crippen LogP contribution in [0.2, 0.25) is 0 Å². The second-order valence-electron chi connectivity index (χ2n) is 11.9. The number of aliphatic hydroxyl groups excluding tert-OH is 2. The summed E-state index contributed by atoms with van der Waals surface area (Å²) in [6.07, 6.45) is -4.52. The van der Waals surface area contributed by atoms with Crippen LogP contribution in [0.3, 0.4) is 0 Å². The van der Waals surface area contributed by atoms with Crippen molar-refractivity contribution in [2.24, 2.45) is 0 Å². The monoisotopic (exact) mass is 609 g/mol. The number of nitrogens with zero attached hydrogens (tertiary/aromatic N) is 3. The molecule has 4 N–H and O–H groups in total. The third kappa shape index (κ3) is 6.18. The summed E-state index contributed by atoms with van der Waals surface area (Å²) in [5, 5.41) is 26.9. The number of carbonyl (C=O) groups is 4. The van der Waals surface area contributed by atoms with Crippen molar-refractivity contribution in [2.75, 3.05) is 32.7 Å². The molecule has 6 rings (SSSR count). The van der Waals surface area contributed by atoms with E-state index < -0.39 is 54.1 Å². The maximum atomic E-state index is 14.1. The van der Waals surface area contributed by atoms with Gasteiger partial charge < -0.3 is 35.4 Å². The van der Waals surface area contributed by atoms with Crippen LogP contribution in [0.5, 0.6) is 0 Å². The first-order chi connectivity index (χ1) is 21.2. The van der Waals surface area contributed by atoms with Crippen LogP contribution in [0, 0.1) is 5.82 Å². The Morgan fingerprint density at radius 1 is 0.932 bits per heavy atom. The van der Waals surface area contributed by atoms with E-state index in [1.807, 2.05) is 35.2 Å². The number of ether oxygens (including phenoxy) is 1. The van der Waals surface area contributed by atoms with E-state index in [1.165, 1.54) is 29.2 Å². The summed E-state index contributed by atoms with van der Waals surface area (Å²) < 4.78 is 19.4. The number of benzene rings is 2. The SMILES string of the molecule is O=C1C[C@@H]2O[C@H](CNC(=O)[C@@H]3CN(CCN3C(=O)c3ccc(F)cc3)C(=O)[C@@H]3C[C@@H](CN3Cc3ccccc3)N1)[C@@H](O)[C@H]2O. The topological polar surface area (TPSA) is 152 Å². The minimum absolute atomic E-state index is 0.0644. The van der Waals surface area contributed by atoms with Gasteiger partial charge in [-0.05, 0) is 36.2 Å². The highest BCUT2D eigenvalue weighted by Gasteiger charge is 2.47. The van der Waals surface area contributed by atoms with Crippen LogP contribution in [-0.4, -0.2) is 124 Å². The Kier molecular flexibility index (Phi) is 8.63. The lowest BCUT2D eigenvalue weighted by atomic mass is 10.0. The van der Waals surface area contributed by atoms with E-state index >= 15 is 0 Å².